The number of carbonyl (C=O) groups is 1. The molecular formula is C21H18ClN3O4. The Bertz CT molecular complexity index is 961. The van der Waals surface area contributed by atoms with Crippen LogP contribution in [0, 0.1) is 4.91 Å². The van der Waals surface area contributed by atoms with E-state index < -0.39 is 6.09 Å². The number of methoxy groups -OCH3 is 1. The molecule has 0 radical (unpaired) electrons. The molecular weight excluding hydrogens is 394 g/mol. The molecule has 0 aliphatic heterocycles. The number of nitrogens with zero attached hydrogens (tertiary/aromatic N) is 2. The summed E-state index contributed by atoms with van der Waals surface area (Å²) in [6, 6.07) is 20.6. The summed E-state index contributed by atoms with van der Waals surface area (Å²) in [5.41, 5.74) is 2.48. The first kappa shape index (κ1) is 20.2. The van der Waals surface area contributed by atoms with Gasteiger partial charge >= 0.3 is 6.09 Å². The lowest BCUT2D eigenvalue weighted by atomic mass is 10.2. The van der Waals surface area contributed by atoms with E-state index in [1.54, 1.807) is 79.9 Å². The number of benzene rings is 3. The zero-order valence-corrected chi connectivity index (χ0v) is 16.3. The van der Waals surface area contributed by atoms with Gasteiger partial charge in [0, 0.05) is 10.7 Å². The van der Waals surface area contributed by atoms with Gasteiger partial charge in [-0.25, -0.2) is 4.79 Å². The molecule has 0 saturated carbocycles. The van der Waals surface area contributed by atoms with Gasteiger partial charge in [-0.05, 0) is 66.2 Å². The van der Waals surface area contributed by atoms with Gasteiger partial charge in [-0.2, -0.15) is 5.01 Å². The summed E-state index contributed by atoms with van der Waals surface area (Å²) in [5, 5.41) is 7.55. The van der Waals surface area contributed by atoms with Crippen molar-refractivity contribution in [3.63, 3.8) is 0 Å². The highest BCUT2D eigenvalue weighted by atomic mass is 35.5. The quantitative estimate of drug-likeness (QED) is 0.385. The SMILES string of the molecule is COc1ccc(N(N=O)c2ccc(NC(=O)OCc3ccc(Cl)cc3)cc2)cc1. The van der Waals surface area contributed by atoms with Gasteiger partial charge < -0.3 is 9.47 Å². The van der Waals surface area contributed by atoms with Gasteiger partial charge in [0.05, 0.1) is 23.8 Å². The molecule has 0 bridgehead atoms. The summed E-state index contributed by atoms with van der Waals surface area (Å²) >= 11 is 5.82. The van der Waals surface area contributed by atoms with Crippen molar-refractivity contribution in [2.45, 2.75) is 6.61 Å². The van der Waals surface area contributed by atoms with Crippen molar-refractivity contribution in [3.8, 4) is 5.75 Å². The molecule has 0 aliphatic carbocycles. The van der Waals surface area contributed by atoms with Gasteiger partial charge in [0.2, 0.25) is 0 Å². The molecule has 3 aromatic carbocycles. The van der Waals surface area contributed by atoms with Crippen molar-refractivity contribution in [1.82, 2.24) is 0 Å². The minimum atomic E-state index is -0.590. The largest absolute Gasteiger partial charge is 0.497 e. The molecule has 148 valence electrons. The molecule has 0 atom stereocenters. The zero-order chi connectivity index (χ0) is 20.6. The standard InChI is InChI=1S/C21H18ClN3O4/c1-28-20-12-10-19(11-13-20)25(24-27)18-8-6-17(7-9-18)23-21(26)29-14-15-2-4-16(22)5-3-15/h2-13H,14H2,1H3,(H,23,26). The Morgan fingerprint density at radius 2 is 1.55 bits per heavy atom. The molecule has 0 saturated heterocycles. The number of ether oxygens (including phenoxy) is 2. The van der Waals surface area contributed by atoms with E-state index in [9.17, 15) is 9.70 Å². The minimum Gasteiger partial charge on any atom is -0.497 e. The molecule has 29 heavy (non-hydrogen) atoms. The molecule has 7 nitrogen and oxygen atoms in total. The maximum absolute atomic E-state index is 12.0. The van der Waals surface area contributed by atoms with E-state index in [-0.39, 0.29) is 6.61 Å². The van der Waals surface area contributed by atoms with E-state index in [0.29, 0.717) is 27.8 Å². The van der Waals surface area contributed by atoms with Crippen molar-refractivity contribution in [1.29, 1.82) is 0 Å². The van der Waals surface area contributed by atoms with Gasteiger partial charge in [0.15, 0.2) is 0 Å². The predicted molar refractivity (Wildman–Crippen MR) is 113 cm³/mol. The zero-order valence-electron chi connectivity index (χ0n) is 15.5. The van der Waals surface area contributed by atoms with Crippen LogP contribution in [-0.2, 0) is 11.3 Å². The Hall–Kier alpha value is -3.58. The average molecular weight is 412 g/mol. The van der Waals surface area contributed by atoms with Crippen LogP contribution in [0.3, 0.4) is 0 Å². The number of anilines is 3. The topological polar surface area (TPSA) is 80.2 Å². The lowest BCUT2D eigenvalue weighted by Gasteiger charge is -2.16. The Morgan fingerprint density at radius 3 is 2.10 bits per heavy atom. The maximum Gasteiger partial charge on any atom is 0.411 e. The van der Waals surface area contributed by atoms with Crippen LogP contribution < -0.4 is 15.1 Å². The average Bonchev–Trinajstić information content (AvgIpc) is 2.75. The molecule has 0 aromatic heterocycles. The Kier molecular flexibility index (Phi) is 6.65. The lowest BCUT2D eigenvalue weighted by Crippen LogP contribution is -2.13. The number of carbonyl (C=O) groups excluding carboxylic acids is 1. The second kappa shape index (κ2) is 9.57. The normalized spacial score (nSPS) is 10.1. The van der Waals surface area contributed by atoms with Gasteiger partial charge in [-0.3, -0.25) is 5.32 Å². The van der Waals surface area contributed by atoms with Gasteiger partial charge in [0.25, 0.3) is 0 Å². The van der Waals surface area contributed by atoms with Crippen LogP contribution in [0.5, 0.6) is 5.75 Å². The third-order valence-electron chi connectivity index (χ3n) is 4.04. The number of nitrogens with one attached hydrogen (secondary N) is 1. The van der Waals surface area contributed by atoms with Crippen LogP contribution in [0.2, 0.25) is 5.02 Å². The van der Waals surface area contributed by atoms with Crippen LogP contribution in [0.15, 0.2) is 78.1 Å². The third kappa shape index (κ3) is 5.46. The van der Waals surface area contributed by atoms with Crippen molar-refractivity contribution in [2.24, 2.45) is 5.29 Å². The van der Waals surface area contributed by atoms with Crippen LogP contribution in [0.25, 0.3) is 0 Å². The van der Waals surface area contributed by atoms with Crippen LogP contribution >= 0.6 is 11.6 Å². The maximum atomic E-state index is 12.0. The number of hydrogen-bond donors (Lipinski definition) is 1. The first-order valence-electron chi connectivity index (χ1n) is 8.65. The van der Waals surface area contributed by atoms with E-state index in [2.05, 4.69) is 10.6 Å². The second-order valence-electron chi connectivity index (χ2n) is 5.97. The Labute approximate surface area is 172 Å². The fraction of sp³-hybridized carbons (Fsp3) is 0.0952. The molecule has 0 spiro atoms. The van der Waals surface area contributed by atoms with E-state index in [1.807, 2.05) is 0 Å². The predicted octanol–water partition coefficient (Wildman–Crippen LogP) is 5.92. The smallest absolute Gasteiger partial charge is 0.411 e. The molecule has 0 heterocycles. The summed E-state index contributed by atoms with van der Waals surface area (Å²) in [7, 11) is 1.57. The van der Waals surface area contributed by atoms with Gasteiger partial charge in [0.1, 0.15) is 12.4 Å². The summed E-state index contributed by atoms with van der Waals surface area (Å²) in [6.45, 7) is 0.126. The molecule has 3 rings (SSSR count). The first-order valence-corrected chi connectivity index (χ1v) is 9.02. The summed E-state index contributed by atoms with van der Waals surface area (Å²) < 4.78 is 10.3. The van der Waals surface area contributed by atoms with E-state index in [1.165, 1.54) is 5.01 Å². The number of nitroso groups, excluding NO2 is 1. The molecule has 0 aliphatic rings. The summed E-state index contributed by atoms with van der Waals surface area (Å²) in [4.78, 5) is 23.3. The lowest BCUT2D eigenvalue weighted by molar-refractivity contribution is 0.155. The number of rotatable bonds is 7. The van der Waals surface area contributed by atoms with Crippen molar-refractivity contribution < 1.29 is 14.3 Å². The van der Waals surface area contributed by atoms with Gasteiger partial charge in [-0.1, -0.05) is 23.7 Å². The van der Waals surface area contributed by atoms with E-state index in [0.717, 1.165) is 5.56 Å². The summed E-state index contributed by atoms with van der Waals surface area (Å²) in [5.74, 6) is 0.677. The summed E-state index contributed by atoms with van der Waals surface area (Å²) in [6.07, 6.45) is -0.590. The molecule has 1 N–H and O–H groups in total. The van der Waals surface area contributed by atoms with Crippen molar-refractivity contribution in [3.05, 3.63) is 88.3 Å². The van der Waals surface area contributed by atoms with Crippen LogP contribution in [-0.4, -0.2) is 13.2 Å². The second-order valence-corrected chi connectivity index (χ2v) is 6.40. The molecule has 0 unspecified atom stereocenters. The van der Waals surface area contributed by atoms with Crippen LogP contribution in [0.4, 0.5) is 21.9 Å². The molecule has 0 fully saturated rings. The molecule has 3 aromatic rings. The van der Waals surface area contributed by atoms with E-state index in [4.69, 9.17) is 21.1 Å². The number of hydrogen-bond acceptors (Lipinski definition) is 5. The number of amides is 1. The fourth-order valence-corrected chi connectivity index (χ4v) is 2.66. The molecule has 8 heteroatoms. The van der Waals surface area contributed by atoms with E-state index >= 15 is 0 Å². The Balaban J connectivity index is 1.60. The van der Waals surface area contributed by atoms with Gasteiger partial charge in [-0.15, -0.1) is 4.91 Å². The van der Waals surface area contributed by atoms with Crippen molar-refractivity contribution >= 4 is 34.8 Å². The highest BCUT2D eigenvalue weighted by Gasteiger charge is 2.11. The minimum absolute atomic E-state index is 0.126. The number of halogens is 1. The fourth-order valence-electron chi connectivity index (χ4n) is 2.54. The Morgan fingerprint density at radius 1 is 0.966 bits per heavy atom. The first-order chi connectivity index (χ1) is 14.1. The van der Waals surface area contributed by atoms with Crippen molar-refractivity contribution in [2.75, 3.05) is 17.4 Å². The molecule has 1 amide bonds. The van der Waals surface area contributed by atoms with Crippen LogP contribution in [0.1, 0.15) is 5.56 Å². The highest BCUT2D eigenvalue weighted by molar-refractivity contribution is 6.30. The third-order valence-corrected chi connectivity index (χ3v) is 4.29. The monoisotopic (exact) mass is 411 g/mol. The highest BCUT2D eigenvalue weighted by Crippen LogP contribution is 2.28.